The zero-order chi connectivity index (χ0) is 27.9. The van der Waals surface area contributed by atoms with Crippen LogP contribution >= 0.6 is 11.6 Å². The lowest BCUT2D eigenvalue weighted by Gasteiger charge is -2.12. The maximum absolute atomic E-state index is 13.2. The second-order valence-electron chi connectivity index (χ2n) is 9.25. The second kappa shape index (κ2) is 10.2. The molecule has 0 aliphatic rings. The lowest BCUT2D eigenvalue weighted by molar-refractivity contribution is 0.475. The fourth-order valence-corrected chi connectivity index (χ4v) is 6.05. The van der Waals surface area contributed by atoms with Gasteiger partial charge in [0.05, 0.1) is 27.7 Å². The molecule has 0 atom stereocenters. The molecule has 0 aliphatic heterocycles. The van der Waals surface area contributed by atoms with Gasteiger partial charge in [-0.15, -0.1) is 0 Å². The Labute approximate surface area is 233 Å². The average molecular weight is 569 g/mol. The number of aromatic amines is 1. The number of phenolic OH excluding ortho intramolecular Hbond substituents is 1. The largest absolute Gasteiger partial charge is 0.508 e. The van der Waals surface area contributed by atoms with Gasteiger partial charge in [0.25, 0.3) is 0 Å². The van der Waals surface area contributed by atoms with Crippen LogP contribution < -0.4 is 5.43 Å². The van der Waals surface area contributed by atoms with E-state index in [4.69, 9.17) is 21.6 Å². The van der Waals surface area contributed by atoms with Gasteiger partial charge in [-0.05, 0) is 42.3 Å². The first-order valence-corrected chi connectivity index (χ1v) is 14.4. The number of halogens is 1. The van der Waals surface area contributed by atoms with Crippen molar-refractivity contribution >= 4 is 43.5 Å². The molecular weight excluding hydrogens is 548 g/mol. The summed E-state index contributed by atoms with van der Waals surface area (Å²) in [5, 5.41) is 10.5. The monoisotopic (exact) mass is 568 g/mol. The van der Waals surface area contributed by atoms with E-state index in [0.29, 0.717) is 27.5 Å². The number of fused-ring (bicyclic) bond motifs is 2. The molecule has 3 aromatic heterocycles. The number of H-pyrrole nitrogens is 1. The molecule has 2 N–H and O–H groups in total. The fourth-order valence-electron chi connectivity index (χ4n) is 4.51. The van der Waals surface area contributed by atoms with Crippen molar-refractivity contribution in [1.29, 1.82) is 0 Å². The molecule has 198 valence electrons. The highest BCUT2D eigenvalue weighted by atomic mass is 35.5. The van der Waals surface area contributed by atoms with E-state index in [0.717, 1.165) is 22.6 Å². The molecule has 3 heterocycles. The number of rotatable bonds is 6. The van der Waals surface area contributed by atoms with E-state index in [9.17, 15) is 18.3 Å². The van der Waals surface area contributed by atoms with E-state index in [1.165, 1.54) is 12.1 Å². The Balaban J connectivity index is 1.49. The lowest BCUT2D eigenvalue weighted by Crippen LogP contribution is -2.16. The molecule has 0 saturated heterocycles. The van der Waals surface area contributed by atoms with Gasteiger partial charge in [-0.25, -0.2) is 18.4 Å². The molecule has 0 aliphatic carbocycles. The molecule has 0 saturated carbocycles. The highest BCUT2D eigenvalue weighted by Crippen LogP contribution is 2.34. The SMILES string of the molecule is O=c1cc(S(=O)(=O)CCc2ccc(O)cc2)[nH]c2nc(-c3ccccc3)c(-c3cc(Cl)c4ncccc4c3)nc12. The fraction of sp³-hybridized carbons (Fsp3) is 0.0667. The van der Waals surface area contributed by atoms with E-state index in [1.54, 1.807) is 30.5 Å². The van der Waals surface area contributed by atoms with E-state index in [2.05, 4.69) is 9.97 Å². The number of nitrogens with zero attached hydrogens (tertiary/aromatic N) is 3. The van der Waals surface area contributed by atoms with Crippen LogP contribution in [0.2, 0.25) is 5.02 Å². The van der Waals surface area contributed by atoms with E-state index in [-0.39, 0.29) is 34.1 Å². The number of hydrogen-bond donors (Lipinski definition) is 2. The van der Waals surface area contributed by atoms with Crippen LogP contribution in [-0.2, 0) is 16.3 Å². The molecule has 0 amide bonds. The number of aromatic nitrogens is 4. The van der Waals surface area contributed by atoms with Crippen molar-refractivity contribution in [2.45, 2.75) is 11.4 Å². The number of benzene rings is 3. The van der Waals surface area contributed by atoms with Gasteiger partial charge >= 0.3 is 0 Å². The normalized spacial score (nSPS) is 11.7. The molecule has 6 aromatic rings. The number of phenols is 1. The van der Waals surface area contributed by atoms with Crippen LogP contribution in [-0.4, -0.2) is 39.2 Å². The molecular formula is C30H21ClN4O4S. The van der Waals surface area contributed by atoms with Crippen LogP contribution in [0, 0.1) is 0 Å². The maximum atomic E-state index is 13.2. The number of pyridine rings is 2. The standard InChI is InChI=1S/C30H21ClN4O4S/c31-23-16-21(15-20-7-4-13-32-26(20)23)28-27(19-5-2-1-3-6-19)35-30-29(34-28)24(37)17-25(33-30)40(38,39)14-12-18-8-10-22(36)11-9-18/h1-11,13,15-17,36H,12,14H2,(H,33,35,37). The smallest absolute Gasteiger partial charge is 0.210 e. The molecule has 0 spiro atoms. The molecule has 6 rings (SSSR count). The van der Waals surface area contributed by atoms with Crippen molar-refractivity contribution in [2.24, 2.45) is 0 Å². The Bertz CT molecular complexity index is 2060. The molecule has 10 heteroatoms. The van der Waals surface area contributed by atoms with E-state index < -0.39 is 15.3 Å². The predicted molar refractivity (Wildman–Crippen MR) is 155 cm³/mol. The lowest BCUT2D eigenvalue weighted by atomic mass is 10.0. The summed E-state index contributed by atoms with van der Waals surface area (Å²) in [6.45, 7) is 0. The van der Waals surface area contributed by atoms with Crippen LogP contribution in [0.1, 0.15) is 5.56 Å². The molecule has 0 fully saturated rings. The Hall–Kier alpha value is -4.60. The topological polar surface area (TPSA) is 126 Å². The van der Waals surface area contributed by atoms with Gasteiger partial charge in [0, 0.05) is 28.8 Å². The first kappa shape index (κ1) is 25.7. The van der Waals surface area contributed by atoms with Crippen LogP contribution in [0.15, 0.2) is 101 Å². The van der Waals surface area contributed by atoms with Gasteiger partial charge in [-0.3, -0.25) is 9.78 Å². The third kappa shape index (κ3) is 4.92. The summed E-state index contributed by atoms with van der Waals surface area (Å²) in [5.74, 6) is -0.139. The summed E-state index contributed by atoms with van der Waals surface area (Å²) in [6, 6.07) is 24.0. The van der Waals surface area contributed by atoms with Gasteiger partial charge in [0.2, 0.25) is 5.43 Å². The van der Waals surface area contributed by atoms with Crippen molar-refractivity contribution in [1.82, 2.24) is 19.9 Å². The van der Waals surface area contributed by atoms with Crippen molar-refractivity contribution in [3.63, 3.8) is 0 Å². The Morgan fingerprint density at radius 1 is 0.825 bits per heavy atom. The van der Waals surface area contributed by atoms with Gasteiger partial charge < -0.3 is 10.1 Å². The first-order valence-electron chi connectivity index (χ1n) is 12.3. The van der Waals surface area contributed by atoms with E-state index in [1.807, 2.05) is 42.5 Å². The van der Waals surface area contributed by atoms with Crippen molar-refractivity contribution in [3.05, 3.63) is 112 Å². The summed E-state index contributed by atoms with van der Waals surface area (Å²) < 4.78 is 26.4. The zero-order valence-corrected chi connectivity index (χ0v) is 22.4. The number of nitrogens with one attached hydrogen (secondary N) is 1. The van der Waals surface area contributed by atoms with Gasteiger partial charge in [-0.1, -0.05) is 60.1 Å². The summed E-state index contributed by atoms with van der Waals surface area (Å²) >= 11 is 6.55. The quantitative estimate of drug-likeness (QED) is 0.269. The van der Waals surface area contributed by atoms with Crippen molar-refractivity contribution < 1.29 is 13.5 Å². The van der Waals surface area contributed by atoms with Crippen molar-refractivity contribution in [3.8, 4) is 28.3 Å². The maximum Gasteiger partial charge on any atom is 0.210 e. The second-order valence-corrected chi connectivity index (χ2v) is 11.7. The van der Waals surface area contributed by atoms with Gasteiger partial charge in [0.15, 0.2) is 21.0 Å². The van der Waals surface area contributed by atoms with E-state index >= 15 is 0 Å². The van der Waals surface area contributed by atoms with Crippen molar-refractivity contribution in [2.75, 3.05) is 5.75 Å². The number of aryl methyl sites for hydroxylation is 1. The third-order valence-corrected chi connectivity index (χ3v) is 8.46. The summed E-state index contributed by atoms with van der Waals surface area (Å²) in [7, 11) is -3.86. The summed E-state index contributed by atoms with van der Waals surface area (Å²) in [4.78, 5) is 29.8. The highest BCUT2D eigenvalue weighted by Gasteiger charge is 2.21. The summed E-state index contributed by atoms with van der Waals surface area (Å²) in [5.41, 5.74) is 3.15. The molecule has 0 radical (unpaired) electrons. The van der Waals surface area contributed by atoms with Crippen LogP contribution in [0.5, 0.6) is 5.75 Å². The first-order chi connectivity index (χ1) is 19.3. The third-order valence-electron chi connectivity index (χ3n) is 6.54. The minimum Gasteiger partial charge on any atom is -0.508 e. The van der Waals surface area contributed by atoms with Crippen LogP contribution in [0.25, 0.3) is 44.6 Å². The zero-order valence-electron chi connectivity index (χ0n) is 20.9. The van der Waals surface area contributed by atoms with Gasteiger partial charge in [-0.2, -0.15) is 0 Å². The Morgan fingerprint density at radius 3 is 2.35 bits per heavy atom. The Morgan fingerprint density at radius 2 is 1.57 bits per heavy atom. The van der Waals surface area contributed by atoms with Crippen LogP contribution in [0.3, 0.4) is 0 Å². The molecule has 8 nitrogen and oxygen atoms in total. The summed E-state index contributed by atoms with van der Waals surface area (Å²) in [6.07, 6.45) is 1.87. The van der Waals surface area contributed by atoms with Gasteiger partial charge in [0.1, 0.15) is 10.8 Å². The Kier molecular flexibility index (Phi) is 6.53. The highest BCUT2D eigenvalue weighted by molar-refractivity contribution is 7.91. The molecule has 40 heavy (non-hydrogen) atoms. The molecule has 0 bridgehead atoms. The minimum atomic E-state index is -3.86. The average Bonchev–Trinajstić information content (AvgIpc) is 2.97. The number of aromatic hydroxyl groups is 1. The predicted octanol–water partition coefficient (Wildman–Crippen LogP) is 5.58. The number of hydrogen-bond acceptors (Lipinski definition) is 7. The molecule has 3 aromatic carbocycles. The van der Waals surface area contributed by atoms with Crippen LogP contribution in [0.4, 0.5) is 0 Å². The number of sulfone groups is 1. The molecule has 0 unspecified atom stereocenters. The minimum absolute atomic E-state index is 0.00886.